The van der Waals surface area contributed by atoms with E-state index in [0.717, 1.165) is 61.0 Å². The Bertz CT molecular complexity index is 988. The zero-order chi connectivity index (χ0) is 20.9. The molecule has 6 nitrogen and oxygen atoms in total. The lowest BCUT2D eigenvalue weighted by Gasteiger charge is -2.32. The Labute approximate surface area is 177 Å². The first-order valence-corrected chi connectivity index (χ1v) is 10.5. The molecule has 0 atom stereocenters. The molecule has 0 saturated carbocycles. The number of aromatic nitrogens is 3. The Morgan fingerprint density at radius 3 is 2.57 bits per heavy atom. The highest BCUT2D eigenvalue weighted by atomic mass is 16.5. The van der Waals surface area contributed by atoms with Gasteiger partial charge < -0.3 is 9.64 Å². The van der Waals surface area contributed by atoms with Gasteiger partial charge in [0.05, 0.1) is 7.11 Å². The normalized spacial score (nSPS) is 14.7. The van der Waals surface area contributed by atoms with Crippen LogP contribution in [0.15, 0.2) is 54.9 Å². The molecule has 1 saturated heterocycles. The standard InChI is InChI=1S/C24H28N4O2/c1-18-25-14-17-28(18)23-5-3-4-22(26-23)20-12-15-27(16-13-20)24(29)11-8-19-6-9-21(30-2)10-7-19/h3-7,9-10,14,17,20H,8,11-13,15-16H2,1-2H3. The number of hydrogen-bond acceptors (Lipinski definition) is 4. The SMILES string of the molecule is COc1ccc(CCC(=O)N2CCC(c3cccc(-n4ccnc4C)n3)CC2)cc1. The number of imidazole rings is 1. The largest absolute Gasteiger partial charge is 0.497 e. The van der Waals surface area contributed by atoms with Crippen LogP contribution in [0.25, 0.3) is 5.82 Å². The first-order chi connectivity index (χ1) is 14.6. The predicted molar refractivity (Wildman–Crippen MR) is 116 cm³/mol. The molecule has 1 amide bonds. The summed E-state index contributed by atoms with van der Waals surface area (Å²) in [7, 11) is 1.66. The highest BCUT2D eigenvalue weighted by Gasteiger charge is 2.24. The molecular formula is C24H28N4O2. The van der Waals surface area contributed by atoms with Crippen LogP contribution in [-0.4, -0.2) is 45.5 Å². The van der Waals surface area contributed by atoms with Gasteiger partial charge >= 0.3 is 0 Å². The van der Waals surface area contributed by atoms with Crippen LogP contribution >= 0.6 is 0 Å². The number of amides is 1. The number of likely N-dealkylation sites (tertiary alicyclic amines) is 1. The minimum Gasteiger partial charge on any atom is -0.497 e. The van der Waals surface area contributed by atoms with Gasteiger partial charge in [0, 0.05) is 43.5 Å². The highest BCUT2D eigenvalue weighted by Crippen LogP contribution is 2.28. The second-order valence-electron chi connectivity index (χ2n) is 7.77. The summed E-state index contributed by atoms with van der Waals surface area (Å²) in [6.07, 6.45) is 6.94. The van der Waals surface area contributed by atoms with Crippen molar-refractivity contribution in [3.05, 3.63) is 71.9 Å². The third-order valence-electron chi connectivity index (χ3n) is 5.88. The number of carbonyl (C=O) groups is 1. The maximum absolute atomic E-state index is 12.7. The summed E-state index contributed by atoms with van der Waals surface area (Å²) < 4.78 is 7.19. The lowest BCUT2D eigenvalue weighted by atomic mass is 9.92. The Morgan fingerprint density at radius 2 is 1.90 bits per heavy atom. The fraction of sp³-hybridized carbons (Fsp3) is 0.375. The van der Waals surface area contributed by atoms with E-state index in [1.807, 2.05) is 52.9 Å². The van der Waals surface area contributed by atoms with Crippen LogP contribution < -0.4 is 4.74 Å². The molecule has 156 valence electrons. The molecule has 2 aromatic heterocycles. The fourth-order valence-electron chi connectivity index (χ4n) is 4.05. The van der Waals surface area contributed by atoms with E-state index in [1.165, 1.54) is 0 Å². The van der Waals surface area contributed by atoms with E-state index < -0.39 is 0 Å². The summed E-state index contributed by atoms with van der Waals surface area (Å²) in [5.41, 5.74) is 2.26. The number of aryl methyl sites for hydroxylation is 2. The number of rotatable bonds is 6. The van der Waals surface area contributed by atoms with E-state index in [9.17, 15) is 4.79 Å². The van der Waals surface area contributed by atoms with E-state index in [0.29, 0.717) is 12.3 Å². The second-order valence-corrected chi connectivity index (χ2v) is 7.77. The van der Waals surface area contributed by atoms with E-state index in [4.69, 9.17) is 9.72 Å². The number of benzene rings is 1. The van der Waals surface area contributed by atoms with Crippen LogP contribution in [0, 0.1) is 6.92 Å². The van der Waals surface area contributed by atoms with E-state index in [1.54, 1.807) is 13.3 Å². The van der Waals surface area contributed by atoms with Crippen molar-refractivity contribution in [2.45, 2.75) is 38.5 Å². The molecule has 0 bridgehead atoms. The van der Waals surface area contributed by atoms with Crippen LogP contribution in [-0.2, 0) is 11.2 Å². The minimum absolute atomic E-state index is 0.236. The van der Waals surface area contributed by atoms with Crippen molar-refractivity contribution in [1.29, 1.82) is 0 Å². The van der Waals surface area contributed by atoms with Crippen molar-refractivity contribution in [2.75, 3.05) is 20.2 Å². The first kappa shape index (κ1) is 20.1. The second kappa shape index (κ2) is 9.11. The molecule has 1 aromatic carbocycles. The summed E-state index contributed by atoms with van der Waals surface area (Å²) in [6.45, 7) is 3.56. The molecule has 3 heterocycles. The Balaban J connectivity index is 1.31. The molecular weight excluding hydrogens is 376 g/mol. The lowest BCUT2D eigenvalue weighted by molar-refractivity contribution is -0.132. The van der Waals surface area contributed by atoms with E-state index >= 15 is 0 Å². The molecule has 1 fully saturated rings. The van der Waals surface area contributed by atoms with Crippen LogP contribution in [0.2, 0.25) is 0 Å². The molecule has 0 spiro atoms. The Kier molecular flexibility index (Phi) is 6.12. The third-order valence-corrected chi connectivity index (χ3v) is 5.88. The Morgan fingerprint density at radius 1 is 1.13 bits per heavy atom. The molecule has 1 aliphatic heterocycles. The van der Waals surface area contributed by atoms with Crippen molar-refractivity contribution in [3.63, 3.8) is 0 Å². The van der Waals surface area contributed by atoms with Crippen molar-refractivity contribution < 1.29 is 9.53 Å². The van der Waals surface area contributed by atoms with Gasteiger partial charge in [-0.1, -0.05) is 18.2 Å². The van der Waals surface area contributed by atoms with Crippen molar-refractivity contribution in [2.24, 2.45) is 0 Å². The minimum atomic E-state index is 0.236. The molecule has 0 radical (unpaired) electrons. The monoisotopic (exact) mass is 404 g/mol. The topological polar surface area (TPSA) is 60.2 Å². The molecule has 0 N–H and O–H groups in total. The van der Waals surface area contributed by atoms with Gasteiger partial charge in [0.15, 0.2) is 0 Å². The highest BCUT2D eigenvalue weighted by molar-refractivity contribution is 5.76. The number of piperidine rings is 1. The summed E-state index contributed by atoms with van der Waals surface area (Å²) in [5.74, 6) is 3.30. The first-order valence-electron chi connectivity index (χ1n) is 10.5. The van der Waals surface area contributed by atoms with Crippen LogP contribution in [0.5, 0.6) is 5.75 Å². The van der Waals surface area contributed by atoms with Gasteiger partial charge in [-0.2, -0.15) is 0 Å². The average molecular weight is 405 g/mol. The van der Waals surface area contributed by atoms with E-state index in [-0.39, 0.29) is 5.91 Å². The summed E-state index contributed by atoms with van der Waals surface area (Å²) in [5, 5.41) is 0. The van der Waals surface area contributed by atoms with Gasteiger partial charge in [0.2, 0.25) is 5.91 Å². The summed E-state index contributed by atoms with van der Waals surface area (Å²) in [6, 6.07) is 14.1. The maximum Gasteiger partial charge on any atom is 0.222 e. The predicted octanol–water partition coefficient (Wildman–Crippen LogP) is 3.92. The smallest absolute Gasteiger partial charge is 0.222 e. The van der Waals surface area contributed by atoms with Crippen molar-refractivity contribution in [3.8, 4) is 11.6 Å². The Hall–Kier alpha value is -3.15. The third kappa shape index (κ3) is 4.53. The van der Waals surface area contributed by atoms with Crippen LogP contribution in [0.1, 0.15) is 42.3 Å². The van der Waals surface area contributed by atoms with Crippen LogP contribution in [0.4, 0.5) is 0 Å². The number of methoxy groups -OCH3 is 1. The molecule has 6 heteroatoms. The van der Waals surface area contributed by atoms with Gasteiger partial charge in [-0.25, -0.2) is 9.97 Å². The van der Waals surface area contributed by atoms with Gasteiger partial charge in [0.1, 0.15) is 17.4 Å². The fourth-order valence-corrected chi connectivity index (χ4v) is 4.05. The molecule has 30 heavy (non-hydrogen) atoms. The molecule has 4 rings (SSSR count). The molecule has 0 unspecified atom stereocenters. The number of pyridine rings is 1. The zero-order valence-corrected chi connectivity index (χ0v) is 17.6. The lowest BCUT2D eigenvalue weighted by Crippen LogP contribution is -2.38. The van der Waals surface area contributed by atoms with Gasteiger partial charge in [-0.05, 0) is 56.0 Å². The van der Waals surface area contributed by atoms with Gasteiger partial charge in [-0.15, -0.1) is 0 Å². The number of nitrogens with zero attached hydrogens (tertiary/aromatic N) is 4. The maximum atomic E-state index is 12.7. The molecule has 3 aromatic rings. The number of carbonyl (C=O) groups excluding carboxylic acids is 1. The van der Waals surface area contributed by atoms with Crippen molar-refractivity contribution in [1.82, 2.24) is 19.4 Å². The van der Waals surface area contributed by atoms with E-state index in [2.05, 4.69) is 17.1 Å². The average Bonchev–Trinajstić information content (AvgIpc) is 3.24. The molecule has 1 aliphatic rings. The summed E-state index contributed by atoms with van der Waals surface area (Å²) in [4.78, 5) is 23.8. The van der Waals surface area contributed by atoms with Crippen molar-refractivity contribution >= 4 is 5.91 Å². The quantitative estimate of drug-likeness (QED) is 0.625. The van der Waals surface area contributed by atoms with Gasteiger partial charge in [0.25, 0.3) is 0 Å². The van der Waals surface area contributed by atoms with Crippen LogP contribution in [0.3, 0.4) is 0 Å². The van der Waals surface area contributed by atoms with Gasteiger partial charge in [-0.3, -0.25) is 9.36 Å². The molecule has 0 aliphatic carbocycles. The summed E-state index contributed by atoms with van der Waals surface area (Å²) >= 11 is 0. The number of ether oxygens (including phenoxy) is 1. The number of hydrogen-bond donors (Lipinski definition) is 0. The zero-order valence-electron chi connectivity index (χ0n) is 17.6.